The number of para-hydroxylation sites is 1. The number of carbonyl (C=O) groups excluding carboxylic acids is 2. The SMILES string of the molecule is C1=Cc2ccccc2OC1.CC(=O)CC(C)=O. The fourth-order valence-electron chi connectivity index (χ4n) is 1.41. The van der Waals surface area contributed by atoms with Gasteiger partial charge in [0.15, 0.2) is 0 Å². The molecular weight excluding hydrogens is 216 g/mol. The van der Waals surface area contributed by atoms with E-state index in [2.05, 4.69) is 6.08 Å². The molecule has 0 saturated heterocycles. The lowest BCUT2D eigenvalue weighted by Crippen LogP contribution is -1.98. The van der Waals surface area contributed by atoms with Gasteiger partial charge in [-0.05, 0) is 26.0 Å². The Kier molecular flexibility index (Phi) is 5.14. The third-order valence-corrected chi connectivity index (χ3v) is 2.05. The molecule has 2 rings (SSSR count). The van der Waals surface area contributed by atoms with Gasteiger partial charge in [-0.25, -0.2) is 0 Å². The molecular formula is C14H16O3. The van der Waals surface area contributed by atoms with Crippen molar-refractivity contribution in [2.75, 3.05) is 6.61 Å². The molecule has 1 aromatic rings. The van der Waals surface area contributed by atoms with Gasteiger partial charge in [-0.2, -0.15) is 0 Å². The molecule has 0 aliphatic carbocycles. The van der Waals surface area contributed by atoms with E-state index in [1.165, 1.54) is 19.4 Å². The van der Waals surface area contributed by atoms with Crippen molar-refractivity contribution in [3.8, 4) is 5.75 Å². The molecule has 0 aromatic heterocycles. The van der Waals surface area contributed by atoms with Crippen molar-refractivity contribution < 1.29 is 14.3 Å². The molecule has 0 atom stereocenters. The van der Waals surface area contributed by atoms with Crippen LogP contribution in [0.25, 0.3) is 6.08 Å². The molecule has 0 fully saturated rings. The average Bonchev–Trinajstić information content (AvgIpc) is 2.28. The standard InChI is InChI=1S/C9H8O.C5H8O2/c1-2-6-9-8(4-1)5-3-7-10-9;1-4(6)3-5(2)7/h1-6H,7H2;3H2,1-2H3. The highest BCUT2D eigenvalue weighted by atomic mass is 16.5. The van der Waals surface area contributed by atoms with Crippen LogP contribution < -0.4 is 4.74 Å². The summed E-state index contributed by atoms with van der Waals surface area (Å²) in [4.78, 5) is 20.1. The maximum atomic E-state index is 10.0. The predicted octanol–water partition coefficient (Wildman–Crippen LogP) is 2.65. The Labute approximate surface area is 101 Å². The zero-order valence-corrected chi connectivity index (χ0v) is 10.1. The van der Waals surface area contributed by atoms with Gasteiger partial charge in [-0.1, -0.05) is 24.3 Å². The van der Waals surface area contributed by atoms with Crippen LogP contribution in [0.5, 0.6) is 5.75 Å². The molecule has 3 heteroatoms. The third-order valence-electron chi connectivity index (χ3n) is 2.05. The van der Waals surface area contributed by atoms with Crippen molar-refractivity contribution in [2.24, 2.45) is 0 Å². The van der Waals surface area contributed by atoms with Crippen LogP contribution in [0.3, 0.4) is 0 Å². The normalized spacial score (nSPS) is 11.6. The summed E-state index contributed by atoms with van der Waals surface area (Å²) in [5.74, 6) is 0.866. The van der Waals surface area contributed by atoms with E-state index in [0.717, 1.165) is 5.75 Å². The summed E-state index contributed by atoms with van der Waals surface area (Å²) >= 11 is 0. The first-order valence-corrected chi connectivity index (χ1v) is 5.47. The first-order valence-electron chi connectivity index (χ1n) is 5.47. The number of carbonyl (C=O) groups is 2. The van der Waals surface area contributed by atoms with Gasteiger partial charge in [-0.3, -0.25) is 9.59 Å². The molecule has 1 aromatic carbocycles. The second-order valence-electron chi connectivity index (χ2n) is 3.83. The van der Waals surface area contributed by atoms with Gasteiger partial charge < -0.3 is 4.74 Å². The van der Waals surface area contributed by atoms with Crippen LogP contribution in [0.4, 0.5) is 0 Å². The third kappa shape index (κ3) is 5.11. The lowest BCUT2D eigenvalue weighted by molar-refractivity contribution is -0.124. The number of benzene rings is 1. The molecule has 0 radical (unpaired) electrons. The Balaban J connectivity index is 0.000000185. The number of ketones is 2. The number of ether oxygens (including phenoxy) is 1. The molecule has 0 bridgehead atoms. The van der Waals surface area contributed by atoms with Crippen LogP contribution in [-0.4, -0.2) is 18.2 Å². The highest BCUT2D eigenvalue weighted by molar-refractivity contribution is 5.96. The van der Waals surface area contributed by atoms with Gasteiger partial charge in [0.25, 0.3) is 0 Å². The molecule has 0 amide bonds. The summed E-state index contributed by atoms with van der Waals surface area (Å²) in [5, 5.41) is 0. The monoisotopic (exact) mass is 232 g/mol. The van der Waals surface area contributed by atoms with Gasteiger partial charge in [0.1, 0.15) is 23.9 Å². The van der Waals surface area contributed by atoms with Crippen LogP contribution in [0.1, 0.15) is 25.8 Å². The van der Waals surface area contributed by atoms with E-state index in [9.17, 15) is 9.59 Å². The second-order valence-corrected chi connectivity index (χ2v) is 3.83. The van der Waals surface area contributed by atoms with E-state index < -0.39 is 0 Å². The summed E-state index contributed by atoms with van der Waals surface area (Å²) in [6.45, 7) is 3.51. The Bertz CT molecular complexity index is 421. The lowest BCUT2D eigenvalue weighted by Gasteiger charge is -2.10. The number of Topliss-reactive ketones (excluding diaryl/α,β-unsaturated/α-hetero) is 2. The minimum atomic E-state index is -0.0625. The Hall–Kier alpha value is -1.90. The van der Waals surface area contributed by atoms with E-state index in [-0.39, 0.29) is 18.0 Å². The Morgan fingerprint density at radius 2 is 1.82 bits per heavy atom. The zero-order valence-electron chi connectivity index (χ0n) is 10.1. The fourth-order valence-corrected chi connectivity index (χ4v) is 1.41. The van der Waals surface area contributed by atoms with Crippen LogP contribution >= 0.6 is 0 Å². The molecule has 1 aliphatic heterocycles. The Morgan fingerprint density at radius 1 is 1.18 bits per heavy atom. The first-order chi connectivity index (χ1) is 8.09. The van der Waals surface area contributed by atoms with Gasteiger partial charge in [0.2, 0.25) is 0 Å². The fraction of sp³-hybridized carbons (Fsp3) is 0.286. The summed E-state index contributed by atoms with van der Waals surface area (Å²) in [6.07, 6.45) is 4.18. The Morgan fingerprint density at radius 3 is 2.35 bits per heavy atom. The quantitative estimate of drug-likeness (QED) is 0.736. The van der Waals surface area contributed by atoms with Crippen LogP contribution in [0, 0.1) is 0 Å². The molecule has 0 saturated carbocycles. The zero-order chi connectivity index (χ0) is 12.7. The van der Waals surface area contributed by atoms with Crippen molar-refractivity contribution in [3.63, 3.8) is 0 Å². The number of hydrogen-bond donors (Lipinski definition) is 0. The number of hydrogen-bond acceptors (Lipinski definition) is 3. The topological polar surface area (TPSA) is 43.4 Å². The molecule has 1 aliphatic rings. The van der Waals surface area contributed by atoms with E-state index in [0.29, 0.717) is 6.61 Å². The smallest absolute Gasteiger partial charge is 0.137 e. The lowest BCUT2D eigenvalue weighted by atomic mass is 10.1. The van der Waals surface area contributed by atoms with Crippen molar-refractivity contribution in [1.82, 2.24) is 0 Å². The van der Waals surface area contributed by atoms with Gasteiger partial charge in [-0.15, -0.1) is 0 Å². The summed E-state index contributed by atoms with van der Waals surface area (Å²) in [5.41, 5.74) is 1.17. The predicted molar refractivity (Wildman–Crippen MR) is 67.0 cm³/mol. The summed E-state index contributed by atoms with van der Waals surface area (Å²) < 4.78 is 5.34. The van der Waals surface area contributed by atoms with E-state index in [1.807, 2.05) is 30.3 Å². The van der Waals surface area contributed by atoms with E-state index >= 15 is 0 Å². The first kappa shape index (κ1) is 13.2. The van der Waals surface area contributed by atoms with Crippen molar-refractivity contribution in [2.45, 2.75) is 20.3 Å². The van der Waals surface area contributed by atoms with E-state index in [4.69, 9.17) is 4.74 Å². The molecule has 90 valence electrons. The second kappa shape index (κ2) is 6.63. The number of fused-ring (bicyclic) bond motifs is 1. The van der Waals surface area contributed by atoms with Crippen LogP contribution in [0.2, 0.25) is 0 Å². The van der Waals surface area contributed by atoms with Gasteiger partial charge in [0, 0.05) is 5.56 Å². The summed E-state index contributed by atoms with van der Waals surface area (Å²) in [6, 6.07) is 8.03. The largest absolute Gasteiger partial charge is 0.489 e. The molecule has 0 unspecified atom stereocenters. The highest BCUT2D eigenvalue weighted by Gasteiger charge is 2.01. The highest BCUT2D eigenvalue weighted by Crippen LogP contribution is 2.21. The maximum absolute atomic E-state index is 10.0. The van der Waals surface area contributed by atoms with Gasteiger partial charge in [0.05, 0.1) is 6.42 Å². The average molecular weight is 232 g/mol. The van der Waals surface area contributed by atoms with Crippen molar-refractivity contribution in [1.29, 1.82) is 0 Å². The summed E-state index contributed by atoms with van der Waals surface area (Å²) in [7, 11) is 0. The molecule has 3 nitrogen and oxygen atoms in total. The van der Waals surface area contributed by atoms with Crippen molar-refractivity contribution in [3.05, 3.63) is 35.9 Å². The van der Waals surface area contributed by atoms with Crippen molar-refractivity contribution >= 4 is 17.6 Å². The molecule has 1 heterocycles. The molecule has 0 N–H and O–H groups in total. The number of rotatable bonds is 2. The maximum Gasteiger partial charge on any atom is 0.137 e. The van der Waals surface area contributed by atoms with Crippen LogP contribution in [0.15, 0.2) is 30.3 Å². The minimum absolute atomic E-state index is 0.0625. The van der Waals surface area contributed by atoms with Gasteiger partial charge >= 0.3 is 0 Å². The minimum Gasteiger partial charge on any atom is -0.489 e. The molecule has 17 heavy (non-hydrogen) atoms. The molecule has 0 spiro atoms. The van der Waals surface area contributed by atoms with E-state index in [1.54, 1.807) is 0 Å². The van der Waals surface area contributed by atoms with Crippen LogP contribution in [-0.2, 0) is 9.59 Å².